The molecule has 1 atom stereocenters. The van der Waals surface area contributed by atoms with Gasteiger partial charge in [-0.2, -0.15) is 5.26 Å². The summed E-state index contributed by atoms with van der Waals surface area (Å²) < 4.78 is 12.0. The summed E-state index contributed by atoms with van der Waals surface area (Å²) in [6, 6.07) is 22.4. The van der Waals surface area contributed by atoms with Crippen LogP contribution in [-0.4, -0.2) is 24.2 Å². The lowest BCUT2D eigenvalue weighted by Gasteiger charge is -2.14. The fourth-order valence-electron chi connectivity index (χ4n) is 4.03. The third-order valence-electron chi connectivity index (χ3n) is 5.47. The molecule has 0 amide bonds. The van der Waals surface area contributed by atoms with Crippen LogP contribution in [-0.2, 0) is 4.74 Å². The van der Waals surface area contributed by atoms with Crippen LogP contribution < -0.4 is 5.32 Å². The molecule has 30 heavy (non-hydrogen) atoms. The summed E-state index contributed by atoms with van der Waals surface area (Å²) in [6.07, 6.45) is 3.82. The Bertz CT molecular complexity index is 1200. The molecule has 148 valence electrons. The molecule has 1 N–H and O–H groups in total. The molecule has 3 heterocycles. The first-order chi connectivity index (χ1) is 14.8. The van der Waals surface area contributed by atoms with Crippen LogP contribution in [0.25, 0.3) is 33.6 Å². The number of hydrogen-bond acceptors (Lipinski definition) is 5. The largest absolute Gasteiger partial charge is 0.437 e. The second kappa shape index (κ2) is 8.02. The highest BCUT2D eigenvalue weighted by Gasteiger charge is 2.24. The van der Waals surface area contributed by atoms with E-state index in [1.165, 1.54) is 0 Å². The molecule has 0 spiro atoms. The Hall–Kier alpha value is -3.62. The first-order valence-electron chi connectivity index (χ1n) is 10.2. The summed E-state index contributed by atoms with van der Waals surface area (Å²) in [5.74, 6) is 0.750. The normalized spacial score (nSPS) is 15.9. The average molecular weight is 395 g/mol. The van der Waals surface area contributed by atoms with E-state index in [0.717, 1.165) is 53.0 Å². The van der Waals surface area contributed by atoms with Gasteiger partial charge in [0.15, 0.2) is 0 Å². The van der Waals surface area contributed by atoms with Crippen LogP contribution in [0.15, 0.2) is 71.3 Å². The van der Waals surface area contributed by atoms with Crippen molar-refractivity contribution < 1.29 is 9.15 Å². The van der Waals surface area contributed by atoms with Crippen molar-refractivity contribution in [2.75, 3.05) is 18.5 Å². The number of ether oxygens (including phenoxy) is 1. The van der Waals surface area contributed by atoms with Crippen molar-refractivity contribution >= 4 is 16.8 Å². The number of nitrogens with one attached hydrogen (secondary N) is 1. The number of benzene rings is 2. The van der Waals surface area contributed by atoms with Gasteiger partial charge in [-0.05, 0) is 18.4 Å². The van der Waals surface area contributed by atoms with Crippen molar-refractivity contribution in [3.05, 3.63) is 72.4 Å². The smallest absolute Gasteiger partial charge is 0.229 e. The predicted octanol–water partition coefficient (Wildman–Crippen LogP) is 5.62. The van der Waals surface area contributed by atoms with E-state index in [-0.39, 0.29) is 6.10 Å². The molecule has 4 aromatic rings. The fraction of sp³-hybridized carbons (Fsp3) is 0.200. The van der Waals surface area contributed by atoms with Gasteiger partial charge in [0.25, 0.3) is 0 Å². The molecule has 1 aliphatic rings. The number of nitrogens with zero attached hydrogens (tertiary/aromatic N) is 2. The second-order valence-electron chi connectivity index (χ2n) is 7.39. The Labute approximate surface area is 174 Å². The van der Waals surface area contributed by atoms with Crippen molar-refractivity contribution in [2.24, 2.45) is 0 Å². The number of rotatable bonds is 5. The summed E-state index contributed by atoms with van der Waals surface area (Å²) >= 11 is 0. The van der Waals surface area contributed by atoms with E-state index in [4.69, 9.17) is 9.15 Å². The summed E-state index contributed by atoms with van der Waals surface area (Å²) in [5, 5.41) is 14.1. The lowest BCUT2D eigenvalue weighted by Crippen LogP contribution is -2.19. The maximum absolute atomic E-state index is 9.76. The minimum atomic E-state index is 0.153. The summed E-state index contributed by atoms with van der Waals surface area (Å²) in [7, 11) is 0. The van der Waals surface area contributed by atoms with Crippen LogP contribution in [0.4, 0.5) is 5.69 Å². The van der Waals surface area contributed by atoms with Crippen molar-refractivity contribution in [2.45, 2.75) is 18.9 Å². The quantitative estimate of drug-likeness (QED) is 0.474. The third kappa shape index (κ3) is 3.32. The number of fused-ring (bicyclic) bond motifs is 1. The Morgan fingerprint density at radius 1 is 1.03 bits per heavy atom. The van der Waals surface area contributed by atoms with Gasteiger partial charge in [0.2, 0.25) is 5.71 Å². The minimum Gasteiger partial charge on any atom is -0.437 e. The Morgan fingerprint density at radius 2 is 1.77 bits per heavy atom. The van der Waals surface area contributed by atoms with Gasteiger partial charge in [-0.1, -0.05) is 60.7 Å². The van der Waals surface area contributed by atoms with Gasteiger partial charge >= 0.3 is 0 Å². The van der Waals surface area contributed by atoms with Crippen LogP contribution in [0.1, 0.15) is 18.4 Å². The van der Waals surface area contributed by atoms with Gasteiger partial charge in [-0.3, -0.25) is 0 Å². The molecule has 2 aromatic heterocycles. The minimum absolute atomic E-state index is 0.153. The maximum Gasteiger partial charge on any atom is 0.229 e. The van der Waals surface area contributed by atoms with E-state index in [2.05, 4.69) is 28.5 Å². The van der Waals surface area contributed by atoms with E-state index in [9.17, 15) is 5.26 Å². The molecule has 2 aromatic carbocycles. The molecule has 5 heteroatoms. The van der Waals surface area contributed by atoms with E-state index >= 15 is 0 Å². The van der Waals surface area contributed by atoms with Crippen molar-refractivity contribution in [3.63, 3.8) is 0 Å². The highest BCUT2D eigenvalue weighted by atomic mass is 16.5. The van der Waals surface area contributed by atoms with Gasteiger partial charge < -0.3 is 14.5 Å². The standard InChI is InChI=1S/C25H21N3O2/c26-14-19-15-28-25-22(23(19)27-16-20-12-7-13-29-20)21(17-8-3-1-4-9-17)24(30-25)18-10-5-2-6-11-18/h1-6,8-11,15,20H,7,12-13,16H2,(H,27,28)/t20-/m0/s1. The van der Waals surface area contributed by atoms with Crippen LogP contribution in [0.3, 0.4) is 0 Å². The molecule has 0 aliphatic carbocycles. The van der Waals surface area contributed by atoms with Crippen LogP contribution in [0.5, 0.6) is 0 Å². The second-order valence-corrected chi connectivity index (χ2v) is 7.39. The first-order valence-corrected chi connectivity index (χ1v) is 10.2. The molecule has 0 saturated carbocycles. The van der Waals surface area contributed by atoms with Crippen LogP contribution >= 0.6 is 0 Å². The molecule has 1 aliphatic heterocycles. The highest BCUT2D eigenvalue weighted by Crippen LogP contribution is 2.44. The summed E-state index contributed by atoms with van der Waals surface area (Å²) in [5.41, 5.74) is 4.70. The van der Waals surface area contributed by atoms with Crippen molar-refractivity contribution in [1.29, 1.82) is 5.26 Å². The Morgan fingerprint density at radius 3 is 2.43 bits per heavy atom. The highest BCUT2D eigenvalue weighted by molar-refractivity contribution is 6.08. The zero-order chi connectivity index (χ0) is 20.3. The number of hydrogen-bond donors (Lipinski definition) is 1. The van der Waals surface area contributed by atoms with Gasteiger partial charge in [0.1, 0.15) is 11.8 Å². The van der Waals surface area contributed by atoms with Crippen LogP contribution in [0, 0.1) is 11.3 Å². The van der Waals surface area contributed by atoms with E-state index < -0.39 is 0 Å². The molecule has 1 fully saturated rings. The molecule has 5 rings (SSSR count). The molecular weight excluding hydrogens is 374 g/mol. The topological polar surface area (TPSA) is 71.1 Å². The number of anilines is 1. The maximum atomic E-state index is 9.76. The Balaban J connectivity index is 1.74. The van der Waals surface area contributed by atoms with Crippen LogP contribution in [0.2, 0.25) is 0 Å². The number of aromatic nitrogens is 1. The predicted molar refractivity (Wildman–Crippen MR) is 117 cm³/mol. The molecule has 0 unspecified atom stereocenters. The lowest BCUT2D eigenvalue weighted by atomic mass is 9.97. The summed E-state index contributed by atoms with van der Waals surface area (Å²) in [4.78, 5) is 4.46. The van der Waals surface area contributed by atoms with E-state index in [1.54, 1.807) is 6.20 Å². The Kier molecular flexibility index (Phi) is 4.92. The monoisotopic (exact) mass is 395 g/mol. The molecule has 5 nitrogen and oxygen atoms in total. The summed E-state index contributed by atoms with van der Waals surface area (Å²) in [6.45, 7) is 1.44. The zero-order valence-corrected chi connectivity index (χ0v) is 16.5. The molecular formula is C25H21N3O2. The fourth-order valence-corrected chi connectivity index (χ4v) is 4.03. The first kappa shape index (κ1) is 18.4. The number of nitriles is 1. The van der Waals surface area contributed by atoms with Gasteiger partial charge in [-0.15, -0.1) is 0 Å². The number of pyridine rings is 1. The lowest BCUT2D eigenvalue weighted by molar-refractivity contribution is 0.120. The van der Waals surface area contributed by atoms with Crippen molar-refractivity contribution in [1.82, 2.24) is 4.98 Å². The van der Waals surface area contributed by atoms with Gasteiger partial charge in [-0.25, -0.2) is 4.98 Å². The van der Waals surface area contributed by atoms with Gasteiger partial charge in [0, 0.05) is 24.3 Å². The van der Waals surface area contributed by atoms with Gasteiger partial charge in [0.05, 0.1) is 28.9 Å². The van der Waals surface area contributed by atoms with Crippen molar-refractivity contribution in [3.8, 4) is 28.5 Å². The molecule has 0 radical (unpaired) electrons. The third-order valence-corrected chi connectivity index (χ3v) is 5.47. The van der Waals surface area contributed by atoms with E-state index in [0.29, 0.717) is 17.8 Å². The number of furan rings is 1. The SMILES string of the molecule is N#Cc1cnc2oc(-c3ccccc3)c(-c3ccccc3)c2c1NC[C@@H]1CCCO1. The zero-order valence-electron chi connectivity index (χ0n) is 16.5. The average Bonchev–Trinajstić information content (AvgIpc) is 3.46. The molecule has 0 bridgehead atoms. The molecule has 1 saturated heterocycles. The van der Waals surface area contributed by atoms with E-state index in [1.807, 2.05) is 48.5 Å².